The van der Waals surface area contributed by atoms with Crippen molar-refractivity contribution in [3.8, 4) is 5.75 Å². The van der Waals surface area contributed by atoms with Crippen LogP contribution < -0.4 is 0 Å². The molecule has 0 fully saturated rings. The van der Waals surface area contributed by atoms with Gasteiger partial charge in [-0.15, -0.1) is 0 Å². The van der Waals surface area contributed by atoms with Gasteiger partial charge < -0.3 is 10.2 Å². The molecular formula is C11H12BrF3O2. The fourth-order valence-corrected chi connectivity index (χ4v) is 1.92. The van der Waals surface area contributed by atoms with Crippen LogP contribution >= 0.6 is 15.9 Å². The normalized spacial score (nSPS) is 14.1. The Labute approximate surface area is 105 Å². The molecule has 0 aliphatic carbocycles. The van der Waals surface area contributed by atoms with Crippen LogP contribution in [0.5, 0.6) is 5.75 Å². The molecule has 1 atom stereocenters. The Balaban J connectivity index is 3.29. The first-order valence-corrected chi connectivity index (χ1v) is 5.71. The number of aliphatic hydroxyl groups excluding tert-OH is 1. The van der Waals surface area contributed by atoms with Gasteiger partial charge in [-0.1, -0.05) is 13.8 Å². The van der Waals surface area contributed by atoms with Crippen molar-refractivity contribution >= 4 is 15.9 Å². The molecular weight excluding hydrogens is 301 g/mol. The van der Waals surface area contributed by atoms with Gasteiger partial charge in [0.05, 0.1) is 4.47 Å². The third-order valence-electron chi connectivity index (χ3n) is 2.36. The second-order valence-electron chi connectivity index (χ2n) is 4.04. The lowest BCUT2D eigenvalue weighted by Gasteiger charge is -2.18. The number of hydrogen-bond donors (Lipinski definition) is 2. The molecule has 0 aliphatic heterocycles. The molecule has 96 valence electrons. The molecule has 1 aromatic carbocycles. The predicted octanol–water partition coefficient (Wildman–Crippen LogP) is 3.87. The smallest absolute Gasteiger partial charge is 0.418 e. The number of aromatic hydroxyl groups is 1. The second-order valence-corrected chi connectivity index (χ2v) is 4.89. The summed E-state index contributed by atoms with van der Waals surface area (Å²) >= 11 is 2.97. The van der Waals surface area contributed by atoms with E-state index in [1.807, 2.05) is 0 Å². The fraction of sp³-hybridized carbons (Fsp3) is 0.455. The first-order valence-electron chi connectivity index (χ1n) is 4.91. The fourth-order valence-electron chi connectivity index (χ4n) is 1.43. The maximum atomic E-state index is 12.4. The summed E-state index contributed by atoms with van der Waals surface area (Å²) in [5, 5.41) is 18.8. The third-order valence-corrected chi connectivity index (χ3v) is 2.97. The molecule has 0 radical (unpaired) electrons. The first-order chi connectivity index (χ1) is 7.64. The minimum atomic E-state index is -4.72. The lowest BCUT2D eigenvalue weighted by molar-refractivity contribution is -0.206. The summed E-state index contributed by atoms with van der Waals surface area (Å²) in [5.41, 5.74) is 0.0727. The Hall–Kier alpha value is -0.750. The van der Waals surface area contributed by atoms with Crippen LogP contribution in [0.25, 0.3) is 0 Å². The van der Waals surface area contributed by atoms with Gasteiger partial charge in [-0.3, -0.25) is 0 Å². The van der Waals surface area contributed by atoms with Gasteiger partial charge in [0.25, 0.3) is 0 Å². The highest BCUT2D eigenvalue weighted by molar-refractivity contribution is 9.10. The van der Waals surface area contributed by atoms with Crippen LogP contribution in [0.4, 0.5) is 13.2 Å². The molecule has 0 bridgehead atoms. The first kappa shape index (κ1) is 14.3. The van der Waals surface area contributed by atoms with Crippen LogP contribution in [0.1, 0.15) is 37.0 Å². The quantitative estimate of drug-likeness (QED) is 0.870. The summed E-state index contributed by atoms with van der Waals surface area (Å²) in [6.45, 7) is 3.48. The van der Waals surface area contributed by atoms with Crippen molar-refractivity contribution in [2.45, 2.75) is 32.0 Å². The van der Waals surface area contributed by atoms with Gasteiger partial charge in [0.2, 0.25) is 0 Å². The molecule has 1 aromatic rings. The van der Waals surface area contributed by atoms with Crippen molar-refractivity contribution < 1.29 is 23.4 Å². The molecule has 1 rings (SSSR count). The average molecular weight is 313 g/mol. The molecule has 0 saturated carbocycles. The minimum absolute atomic E-state index is 0.0990. The largest absolute Gasteiger partial charge is 0.506 e. The lowest BCUT2D eigenvalue weighted by Crippen LogP contribution is -2.20. The second kappa shape index (κ2) is 4.86. The van der Waals surface area contributed by atoms with E-state index in [0.29, 0.717) is 5.56 Å². The monoisotopic (exact) mass is 312 g/mol. The van der Waals surface area contributed by atoms with Crippen LogP contribution in [-0.2, 0) is 0 Å². The van der Waals surface area contributed by atoms with Crippen molar-refractivity contribution in [3.63, 3.8) is 0 Å². The molecule has 17 heavy (non-hydrogen) atoms. The van der Waals surface area contributed by atoms with Gasteiger partial charge in [0.1, 0.15) is 5.75 Å². The lowest BCUT2D eigenvalue weighted by atomic mass is 9.97. The summed E-state index contributed by atoms with van der Waals surface area (Å²) in [6.07, 6.45) is -7.26. The molecule has 2 N–H and O–H groups in total. The minimum Gasteiger partial charge on any atom is -0.506 e. The number of rotatable bonds is 2. The number of benzene rings is 1. The Kier molecular flexibility index (Phi) is 4.09. The molecule has 0 saturated heterocycles. The summed E-state index contributed by atoms with van der Waals surface area (Å²) in [7, 11) is 0. The van der Waals surface area contributed by atoms with E-state index in [4.69, 9.17) is 5.11 Å². The van der Waals surface area contributed by atoms with Crippen molar-refractivity contribution in [1.29, 1.82) is 0 Å². The van der Waals surface area contributed by atoms with E-state index in [0.717, 1.165) is 6.07 Å². The highest BCUT2D eigenvalue weighted by Crippen LogP contribution is 2.39. The van der Waals surface area contributed by atoms with Crippen LogP contribution in [0.15, 0.2) is 16.6 Å². The highest BCUT2D eigenvalue weighted by atomic mass is 79.9. The summed E-state index contributed by atoms with van der Waals surface area (Å²) in [4.78, 5) is 0. The molecule has 0 heterocycles. The standard InChI is InChI=1S/C11H12BrF3O2/c1-5(2)7-3-6(4-8(12)9(7)16)10(17)11(13,14)15/h3-5,10,16-17H,1-2H3. The Morgan fingerprint density at radius 1 is 1.24 bits per heavy atom. The molecule has 0 amide bonds. The van der Waals surface area contributed by atoms with Gasteiger partial charge in [-0.25, -0.2) is 0 Å². The van der Waals surface area contributed by atoms with Crippen LogP contribution in [0.2, 0.25) is 0 Å². The zero-order chi connectivity index (χ0) is 13.4. The van der Waals surface area contributed by atoms with Crippen molar-refractivity contribution in [2.24, 2.45) is 0 Å². The maximum absolute atomic E-state index is 12.4. The topological polar surface area (TPSA) is 40.5 Å². The van der Waals surface area contributed by atoms with E-state index < -0.39 is 12.3 Å². The van der Waals surface area contributed by atoms with E-state index in [1.165, 1.54) is 6.07 Å². The van der Waals surface area contributed by atoms with Crippen molar-refractivity contribution in [1.82, 2.24) is 0 Å². The van der Waals surface area contributed by atoms with Gasteiger partial charge in [0, 0.05) is 0 Å². The Morgan fingerprint density at radius 2 is 1.76 bits per heavy atom. The van der Waals surface area contributed by atoms with Crippen molar-refractivity contribution in [3.05, 3.63) is 27.7 Å². The summed E-state index contributed by atoms with van der Waals surface area (Å²) in [5.74, 6) is -0.246. The van der Waals surface area contributed by atoms with Crippen molar-refractivity contribution in [2.75, 3.05) is 0 Å². The van der Waals surface area contributed by atoms with E-state index in [9.17, 15) is 18.3 Å². The van der Waals surface area contributed by atoms with E-state index >= 15 is 0 Å². The number of aliphatic hydroxyl groups is 1. The summed E-state index contributed by atoms with van der Waals surface area (Å²) in [6, 6.07) is 2.24. The molecule has 0 aliphatic rings. The third kappa shape index (κ3) is 3.13. The number of alkyl halides is 3. The van der Waals surface area contributed by atoms with E-state index in [-0.39, 0.29) is 21.7 Å². The van der Waals surface area contributed by atoms with Crippen LogP contribution in [0.3, 0.4) is 0 Å². The highest BCUT2D eigenvalue weighted by Gasteiger charge is 2.39. The van der Waals surface area contributed by atoms with Gasteiger partial charge in [-0.2, -0.15) is 13.2 Å². The van der Waals surface area contributed by atoms with Crippen LogP contribution in [-0.4, -0.2) is 16.4 Å². The SMILES string of the molecule is CC(C)c1cc(C(O)C(F)(F)F)cc(Br)c1O. The maximum Gasteiger partial charge on any atom is 0.418 e. The molecule has 0 aromatic heterocycles. The van der Waals surface area contributed by atoms with Gasteiger partial charge >= 0.3 is 6.18 Å². The van der Waals surface area contributed by atoms with Crippen LogP contribution in [0, 0.1) is 0 Å². The van der Waals surface area contributed by atoms with E-state index in [2.05, 4.69) is 15.9 Å². The predicted molar refractivity (Wildman–Crippen MR) is 60.9 cm³/mol. The summed E-state index contributed by atoms with van der Waals surface area (Å²) < 4.78 is 37.3. The van der Waals surface area contributed by atoms with Gasteiger partial charge in [-0.05, 0) is 45.1 Å². The Bertz CT molecular complexity index is 416. The molecule has 2 nitrogen and oxygen atoms in total. The number of halogens is 4. The zero-order valence-electron chi connectivity index (χ0n) is 9.22. The molecule has 0 spiro atoms. The van der Waals surface area contributed by atoms with E-state index in [1.54, 1.807) is 13.8 Å². The van der Waals surface area contributed by atoms with Gasteiger partial charge in [0.15, 0.2) is 6.10 Å². The average Bonchev–Trinajstić information content (AvgIpc) is 2.19. The Morgan fingerprint density at radius 3 is 2.18 bits per heavy atom. The molecule has 6 heteroatoms. The number of phenols is 1. The number of phenolic OH excluding ortho intramolecular Hbond substituents is 1. The molecule has 1 unspecified atom stereocenters. The zero-order valence-corrected chi connectivity index (χ0v) is 10.8. The number of hydrogen-bond acceptors (Lipinski definition) is 2.